The molecule has 0 fully saturated rings. The third-order valence-electron chi connectivity index (χ3n) is 2.80. The maximum atomic E-state index is 11.6. The van der Waals surface area contributed by atoms with Crippen molar-refractivity contribution >= 4 is 21.8 Å². The van der Waals surface area contributed by atoms with E-state index in [0.29, 0.717) is 13.0 Å². The van der Waals surface area contributed by atoms with E-state index < -0.39 is 6.04 Å². The van der Waals surface area contributed by atoms with E-state index in [9.17, 15) is 9.90 Å². The molecule has 0 saturated carbocycles. The summed E-state index contributed by atoms with van der Waals surface area (Å²) in [6.45, 7) is 2.34. The molecule has 1 aromatic carbocycles. The molecule has 1 amide bonds. The van der Waals surface area contributed by atoms with Gasteiger partial charge in [-0.25, -0.2) is 0 Å². The van der Waals surface area contributed by atoms with Crippen molar-refractivity contribution in [1.82, 2.24) is 4.90 Å². The van der Waals surface area contributed by atoms with Crippen molar-refractivity contribution in [3.8, 4) is 0 Å². The second-order valence-electron chi connectivity index (χ2n) is 4.47. The Morgan fingerprint density at radius 2 is 2.00 bits per heavy atom. The lowest BCUT2D eigenvalue weighted by Crippen LogP contribution is -2.36. The average Bonchev–Trinajstić information content (AvgIpc) is 2.29. The van der Waals surface area contributed by atoms with E-state index >= 15 is 0 Å². The monoisotopic (exact) mass is 314 g/mol. The molecule has 0 aromatic heterocycles. The first kappa shape index (κ1) is 15.1. The fourth-order valence-corrected chi connectivity index (χ4v) is 2.06. The van der Waals surface area contributed by atoms with Crippen LogP contribution in [-0.2, 0) is 4.79 Å². The maximum Gasteiger partial charge on any atom is 0.239 e. The SMILES string of the molecule is CC(O)CCN(C)C(C(N)=O)c1ccc(Br)cc1. The van der Waals surface area contributed by atoms with Crippen LogP contribution in [-0.4, -0.2) is 35.6 Å². The summed E-state index contributed by atoms with van der Waals surface area (Å²) in [5.41, 5.74) is 6.32. The molecule has 0 saturated heterocycles. The summed E-state index contributed by atoms with van der Waals surface area (Å²) in [5, 5.41) is 9.28. The smallest absolute Gasteiger partial charge is 0.239 e. The number of aliphatic hydroxyl groups excluding tert-OH is 1. The van der Waals surface area contributed by atoms with Gasteiger partial charge in [0.25, 0.3) is 0 Å². The summed E-state index contributed by atoms with van der Waals surface area (Å²) in [6, 6.07) is 7.05. The van der Waals surface area contributed by atoms with E-state index in [1.165, 1.54) is 0 Å². The molecule has 0 aliphatic heterocycles. The first-order valence-electron chi connectivity index (χ1n) is 5.85. The van der Waals surface area contributed by atoms with E-state index in [1.54, 1.807) is 6.92 Å². The Morgan fingerprint density at radius 1 is 1.44 bits per heavy atom. The Morgan fingerprint density at radius 3 is 2.44 bits per heavy atom. The van der Waals surface area contributed by atoms with E-state index in [0.717, 1.165) is 10.0 Å². The van der Waals surface area contributed by atoms with E-state index in [-0.39, 0.29) is 12.0 Å². The van der Waals surface area contributed by atoms with Crippen LogP contribution in [0.15, 0.2) is 28.7 Å². The maximum absolute atomic E-state index is 11.6. The quantitative estimate of drug-likeness (QED) is 0.839. The standard InChI is InChI=1S/C13H19BrN2O2/c1-9(17)7-8-16(2)12(13(15)18)10-3-5-11(14)6-4-10/h3-6,9,12,17H,7-8H2,1-2H3,(H2,15,18). The molecule has 0 bridgehead atoms. The zero-order valence-corrected chi connectivity index (χ0v) is 12.2. The van der Waals surface area contributed by atoms with Crippen molar-refractivity contribution in [2.45, 2.75) is 25.5 Å². The van der Waals surface area contributed by atoms with Crippen LogP contribution in [0.2, 0.25) is 0 Å². The molecular weight excluding hydrogens is 296 g/mol. The number of nitrogens with zero attached hydrogens (tertiary/aromatic N) is 1. The number of benzene rings is 1. The minimum atomic E-state index is -0.461. The second-order valence-corrected chi connectivity index (χ2v) is 5.39. The fraction of sp³-hybridized carbons (Fsp3) is 0.462. The minimum absolute atomic E-state index is 0.383. The van der Waals surface area contributed by atoms with Crippen LogP contribution in [0.25, 0.3) is 0 Å². The number of rotatable bonds is 6. The van der Waals surface area contributed by atoms with Crippen LogP contribution < -0.4 is 5.73 Å². The molecule has 0 heterocycles. The molecule has 2 unspecified atom stereocenters. The predicted octanol–water partition coefficient (Wildman–Crippen LogP) is 1.68. The average molecular weight is 315 g/mol. The summed E-state index contributed by atoms with van der Waals surface area (Å²) in [7, 11) is 1.83. The normalized spacial score (nSPS) is 14.5. The van der Waals surface area contributed by atoms with Gasteiger partial charge >= 0.3 is 0 Å². The summed E-state index contributed by atoms with van der Waals surface area (Å²) < 4.78 is 0.959. The Kier molecular flexibility index (Phi) is 5.78. The van der Waals surface area contributed by atoms with Crippen LogP contribution in [0.3, 0.4) is 0 Å². The summed E-state index contributed by atoms with van der Waals surface area (Å²) in [4.78, 5) is 13.4. The van der Waals surface area contributed by atoms with Gasteiger partial charge in [-0.05, 0) is 38.1 Å². The van der Waals surface area contributed by atoms with E-state index in [1.807, 2.05) is 36.2 Å². The van der Waals surface area contributed by atoms with Crippen molar-refractivity contribution in [3.63, 3.8) is 0 Å². The molecule has 0 radical (unpaired) electrons. The number of hydrogen-bond acceptors (Lipinski definition) is 3. The number of halogens is 1. The summed E-state index contributed by atoms with van der Waals surface area (Å²) in [5.74, 6) is -0.384. The molecule has 3 N–H and O–H groups in total. The Balaban J connectivity index is 2.82. The number of aliphatic hydroxyl groups is 1. The second kappa shape index (κ2) is 6.87. The lowest BCUT2D eigenvalue weighted by molar-refractivity contribution is -0.123. The van der Waals surface area contributed by atoms with E-state index in [2.05, 4.69) is 15.9 Å². The van der Waals surface area contributed by atoms with Gasteiger partial charge in [0, 0.05) is 11.0 Å². The lowest BCUT2D eigenvalue weighted by atomic mass is 10.0. The number of carbonyl (C=O) groups is 1. The van der Waals surface area contributed by atoms with Gasteiger partial charge in [-0.1, -0.05) is 28.1 Å². The highest BCUT2D eigenvalue weighted by molar-refractivity contribution is 9.10. The van der Waals surface area contributed by atoms with Gasteiger partial charge in [-0.15, -0.1) is 0 Å². The number of primary amides is 1. The molecule has 1 rings (SSSR count). The number of amides is 1. The van der Waals surface area contributed by atoms with E-state index in [4.69, 9.17) is 5.73 Å². The molecule has 5 heteroatoms. The molecule has 4 nitrogen and oxygen atoms in total. The lowest BCUT2D eigenvalue weighted by Gasteiger charge is -2.26. The van der Waals surface area contributed by atoms with Crippen molar-refractivity contribution < 1.29 is 9.90 Å². The van der Waals surface area contributed by atoms with Gasteiger partial charge in [0.15, 0.2) is 0 Å². The highest BCUT2D eigenvalue weighted by Gasteiger charge is 2.22. The van der Waals surface area contributed by atoms with Crippen molar-refractivity contribution in [2.75, 3.05) is 13.6 Å². The van der Waals surface area contributed by atoms with Crippen LogP contribution in [0.1, 0.15) is 24.9 Å². The molecule has 0 aliphatic rings. The van der Waals surface area contributed by atoms with Gasteiger partial charge in [0.2, 0.25) is 5.91 Å². The van der Waals surface area contributed by atoms with Crippen molar-refractivity contribution in [1.29, 1.82) is 0 Å². The van der Waals surface area contributed by atoms with Gasteiger partial charge in [0.05, 0.1) is 6.10 Å². The first-order chi connectivity index (χ1) is 8.41. The zero-order chi connectivity index (χ0) is 13.7. The molecule has 2 atom stereocenters. The fourth-order valence-electron chi connectivity index (χ4n) is 1.80. The molecule has 18 heavy (non-hydrogen) atoms. The number of hydrogen-bond donors (Lipinski definition) is 2. The predicted molar refractivity (Wildman–Crippen MR) is 75.0 cm³/mol. The van der Waals surface area contributed by atoms with Crippen LogP contribution in [0, 0.1) is 0 Å². The van der Waals surface area contributed by atoms with Crippen LogP contribution in [0.4, 0.5) is 0 Å². The van der Waals surface area contributed by atoms with Gasteiger partial charge in [-0.2, -0.15) is 0 Å². The summed E-state index contributed by atoms with van der Waals surface area (Å²) in [6.07, 6.45) is 0.225. The number of carbonyl (C=O) groups excluding carboxylic acids is 1. The highest BCUT2D eigenvalue weighted by atomic mass is 79.9. The first-order valence-corrected chi connectivity index (χ1v) is 6.64. The number of likely N-dealkylation sites (N-methyl/N-ethyl adjacent to an activating group) is 1. The Bertz CT molecular complexity index is 392. The van der Waals surface area contributed by atoms with Gasteiger partial charge < -0.3 is 10.8 Å². The van der Waals surface area contributed by atoms with Crippen LogP contribution >= 0.6 is 15.9 Å². The van der Waals surface area contributed by atoms with Gasteiger partial charge in [-0.3, -0.25) is 9.69 Å². The molecule has 100 valence electrons. The van der Waals surface area contributed by atoms with Crippen molar-refractivity contribution in [2.24, 2.45) is 5.73 Å². The number of nitrogens with two attached hydrogens (primary N) is 1. The highest BCUT2D eigenvalue weighted by Crippen LogP contribution is 2.21. The Hall–Kier alpha value is -0.910. The zero-order valence-electron chi connectivity index (χ0n) is 10.6. The molecular formula is C13H19BrN2O2. The largest absolute Gasteiger partial charge is 0.393 e. The summed E-state index contributed by atoms with van der Waals surface area (Å²) >= 11 is 3.36. The molecule has 0 spiro atoms. The molecule has 1 aromatic rings. The van der Waals surface area contributed by atoms with Crippen molar-refractivity contribution in [3.05, 3.63) is 34.3 Å². The third-order valence-corrected chi connectivity index (χ3v) is 3.32. The minimum Gasteiger partial charge on any atom is -0.393 e. The molecule has 0 aliphatic carbocycles. The Labute approximate surface area is 116 Å². The van der Waals surface area contributed by atoms with Gasteiger partial charge in [0.1, 0.15) is 6.04 Å². The third kappa shape index (κ3) is 4.40. The topological polar surface area (TPSA) is 66.6 Å². The van der Waals surface area contributed by atoms with Crippen LogP contribution in [0.5, 0.6) is 0 Å².